The predicted molar refractivity (Wildman–Crippen MR) is 101 cm³/mol. The Kier molecular flexibility index (Phi) is 6.10. The number of alkyl halides is 2. The van der Waals surface area contributed by atoms with Crippen molar-refractivity contribution >= 4 is 5.97 Å². The first-order chi connectivity index (χ1) is 13.4. The molecule has 0 radical (unpaired) electrons. The first-order valence-corrected chi connectivity index (χ1v) is 9.88. The number of halogens is 2. The number of methoxy groups -OCH3 is 1. The van der Waals surface area contributed by atoms with Crippen LogP contribution < -0.4 is 0 Å². The average Bonchev–Trinajstić information content (AvgIpc) is 3.13. The van der Waals surface area contributed by atoms with Crippen molar-refractivity contribution in [3.63, 3.8) is 0 Å². The Morgan fingerprint density at radius 2 is 2.04 bits per heavy atom. The van der Waals surface area contributed by atoms with Crippen molar-refractivity contribution in [2.75, 3.05) is 7.11 Å². The fourth-order valence-corrected chi connectivity index (χ4v) is 3.80. The van der Waals surface area contributed by atoms with E-state index in [0.29, 0.717) is 24.1 Å². The lowest BCUT2D eigenvalue weighted by atomic mass is 9.83. The predicted octanol–water partition coefficient (Wildman–Crippen LogP) is 4.71. The maximum atomic E-state index is 15.4. The van der Waals surface area contributed by atoms with Gasteiger partial charge >= 0.3 is 5.97 Å². The summed E-state index contributed by atoms with van der Waals surface area (Å²) in [5.74, 6) is -4.32. The minimum atomic E-state index is -3.04. The lowest BCUT2D eigenvalue weighted by Gasteiger charge is -2.29. The van der Waals surface area contributed by atoms with E-state index in [1.807, 2.05) is 13.8 Å². The van der Waals surface area contributed by atoms with Gasteiger partial charge < -0.3 is 4.74 Å². The largest absolute Gasteiger partial charge is 0.465 e. The average molecular weight is 391 g/mol. The highest BCUT2D eigenvalue weighted by Gasteiger charge is 2.46. The van der Waals surface area contributed by atoms with Crippen LogP contribution in [0.5, 0.6) is 0 Å². The summed E-state index contributed by atoms with van der Waals surface area (Å²) in [4.78, 5) is 11.6. The normalized spacial score (nSPS) is 20.0. The summed E-state index contributed by atoms with van der Waals surface area (Å²) in [5, 5.41) is 7.99. The molecule has 0 spiro atoms. The fraction of sp³-hybridized carbons (Fsp3) is 0.571. The second-order valence-corrected chi connectivity index (χ2v) is 7.54. The van der Waals surface area contributed by atoms with Crippen LogP contribution in [0.15, 0.2) is 24.3 Å². The summed E-state index contributed by atoms with van der Waals surface area (Å²) in [7, 11) is 1.31. The molecule has 5 nitrogen and oxygen atoms in total. The van der Waals surface area contributed by atoms with Gasteiger partial charge in [-0.25, -0.2) is 9.48 Å². The highest BCUT2D eigenvalue weighted by atomic mass is 19.3. The lowest BCUT2D eigenvalue weighted by Crippen LogP contribution is -2.31. The summed E-state index contributed by atoms with van der Waals surface area (Å²) < 4.78 is 37.2. The molecule has 2 aromatic rings. The van der Waals surface area contributed by atoms with E-state index in [-0.39, 0.29) is 18.2 Å². The Morgan fingerprint density at radius 3 is 2.68 bits per heavy atom. The molecule has 152 valence electrons. The van der Waals surface area contributed by atoms with Gasteiger partial charge in [0.1, 0.15) is 0 Å². The number of benzene rings is 1. The summed E-state index contributed by atoms with van der Waals surface area (Å²) in [6, 6.07) is 6.73. The van der Waals surface area contributed by atoms with Crippen LogP contribution in [0.2, 0.25) is 0 Å². The van der Waals surface area contributed by atoms with Gasteiger partial charge in [0.15, 0.2) is 5.69 Å². The summed E-state index contributed by atoms with van der Waals surface area (Å²) in [5.41, 5.74) is 1.59. The van der Waals surface area contributed by atoms with Gasteiger partial charge in [0.25, 0.3) is 5.92 Å². The van der Waals surface area contributed by atoms with E-state index >= 15 is 8.78 Å². The molecule has 0 aliphatic heterocycles. The van der Waals surface area contributed by atoms with E-state index < -0.39 is 17.8 Å². The van der Waals surface area contributed by atoms with Crippen LogP contribution in [0.1, 0.15) is 72.9 Å². The summed E-state index contributed by atoms with van der Waals surface area (Å²) in [6.07, 6.45) is 3.65. The Hall–Kier alpha value is -2.31. The zero-order valence-electron chi connectivity index (χ0n) is 16.6. The van der Waals surface area contributed by atoms with Gasteiger partial charge in [-0.05, 0) is 56.7 Å². The number of hydrogen-bond donors (Lipinski definition) is 0. The highest BCUT2D eigenvalue weighted by molar-refractivity contribution is 5.89. The molecule has 1 aliphatic carbocycles. The molecule has 0 bridgehead atoms. The second kappa shape index (κ2) is 8.37. The van der Waals surface area contributed by atoms with E-state index in [2.05, 4.69) is 15.0 Å². The first kappa shape index (κ1) is 20.4. The molecule has 3 rings (SSSR count). The number of carbonyl (C=O) groups excluding carboxylic acids is 1. The zero-order valence-corrected chi connectivity index (χ0v) is 16.6. The SMILES string of the molecule is CCC(C)n1nnc2c1CCCCC(Cc1ccc(C(=O)OC)cc1)C2(F)F. The monoisotopic (exact) mass is 391 g/mol. The minimum absolute atomic E-state index is 0.0517. The maximum Gasteiger partial charge on any atom is 0.337 e. The molecular weight excluding hydrogens is 364 g/mol. The number of esters is 1. The molecule has 2 atom stereocenters. The first-order valence-electron chi connectivity index (χ1n) is 9.88. The van der Waals surface area contributed by atoms with Crippen molar-refractivity contribution in [2.45, 2.75) is 64.3 Å². The number of fused-ring (bicyclic) bond motifs is 1. The highest BCUT2D eigenvalue weighted by Crippen LogP contribution is 2.43. The second-order valence-electron chi connectivity index (χ2n) is 7.54. The minimum Gasteiger partial charge on any atom is -0.465 e. The molecule has 0 saturated heterocycles. The van der Waals surface area contributed by atoms with Crippen LogP contribution >= 0.6 is 0 Å². The van der Waals surface area contributed by atoms with Crippen LogP contribution in [0.4, 0.5) is 8.78 Å². The molecule has 0 amide bonds. The van der Waals surface area contributed by atoms with E-state index in [9.17, 15) is 4.79 Å². The van der Waals surface area contributed by atoms with Gasteiger partial charge in [-0.3, -0.25) is 0 Å². The third-order valence-corrected chi connectivity index (χ3v) is 5.70. The van der Waals surface area contributed by atoms with Crippen molar-refractivity contribution in [3.05, 3.63) is 46.8 Å². The number of hydrogen-bond acceptors (Lipinski definition) is 4. The van der Waals surface area contributed by atoms with Gasteiger partial charge in [-0.15, -0.1) is 5.10 Å². The van der Waals surface area contributed by atoms with Crippen molar-refractivity contribution < 1.29 is 18.3 Å². The molecule has 2 unspecified atom stereocenters. The van der Waals surface area contributed by atoms with Crippen LogP contribution in [0.25, 0.3) is 0 Å². The van der Waals surface area contributed by atoms with Crippen LogP contribution in [-0.2, 0) is 23.5 Å². The van der Waals surface area contributed by atoms with Gasteiger partial charge in [0.2, 0.25) is 0 Å². The van der Waals surface area contributed by atoms with Gasteiger partial charge in [0.05, 0.1) is 24.4 Å². The summed E-state index contributed by atoms with van der Waals surface area (Å²) in [6.45, 7) is 3.99. The molecule has 1 heterocycles. The number of ether oxygens (including phenoxy) is 1. The lowest BCUT2D eigenvalue weighted by molar-refractivity contribution is -0.0751. The number of rotatable bonds is 5. The van der Waals surface area contributed by atoms with Crippen molar-refractivity contribution in [3.8, 4) is 0 Å². The Balaban J connectivity index is 1.87. The maximum absolute atomic E-state index is 15.4. The molecular formula is C21H27F2N3O2. The third kappa shape index (κ3) is 3.93. The van der Waals surface area contributed by atoms with Crippen molar-refractivity contribution in [1.82, 2.24) is 15.0 Å². The van der Waals surface area contributed by atoms with E-state index in [4.69, 9.17) is 0 Å². The van der Waals surface area contributed by atoms with Crippen molar-refractivity contribution in [2.24, 2.45) is 5.92 Å². The fourth-order valence-electron chi connectivity index (χ4n) is 3.80. The Morgan fingerprint density at radius 1 is 1.32 bits per heavy atom. The molecule has 1 aromatic carbocycles. The van der Waals surface area contributed by atoms with Crippen LogP contribution in [-0.4, -0.2) is 28.1 Å². The summed E-state index contributed by atoms with van der Waals surface area (Å²) >= 11 is 0. The molecule has 0 N–H and O–H groups in total. The molecule has 0 fully saturated rings. The molecule has 28 heavy (non-hydrogen) atoms. The van der Waals surface area contributed by atoms with Gasteiger partial charge in [-0.2, -0.15) is 8.78 Å². The standard InChI is InChI=1S/C21H27F2N3O2/c1-4-14(2)26-18-8-6-5-7-17(21(22,23)19(18)24-25-26)13-15-9-11-16(12-10-15)20(27)28-3/h9-12,14,17H,4-8,13H2,1-3H3. The quantitative estimate of drug-likeness (QED) is 0.693. The van der Waals surface area contributed by atoms with E-state index in [1.54, 1.807) is 28.9 Å². The smallest absolute Gasteiger partial charge is 0.337 e. The Bertz CT molecular complexity index is 818. The van der Waals surface area contributed by atoms with Gasteiger partial charge in [0, 0.05) is 5.92 Å². The molecule has 7 heteroatoms. The molecule has 0 saturated carbocycles. The topological polar surface area (TPSA) is 57.0 Å². The molecule has 1 aliphatic rings. The zero-order chi connectivity index (χ0) is 20.3. The van der Waals surface area contributed by atoms with Crippen LogP contribution in [0, 0.1) is 5.92 Å². The van der Waals surface area contributed by atoms with Crippen LogP contribution in [0.3, 0.4) is 0 Å². The van der Waals surface area contributed by atoms with Gasteiger partial charge in [-0.1, -0.05) is 30.7 Å². The number of carbonyl (C=O) groups is 1. The number of aromatic nitrogens is 3. The van der Waals surface area contributed by atoms with E-state index in [1.165, 1.54) is 7.11 Å². The third-order valence-electron chi connectivity index (χ3n) is 5.70. The van der Waals surface area contributed by atoms with E-state index in [0.717, 1.165) is 24.8 Å². The molecule has 1 aromatic heterocycles. The Labute approximate surface area is 164 Å². The van der Waals surface area contributed by atoms with Crippen molar-refractivity contribution in [1.29, 1.82) is 0 Å². The number of nitrogens with zero attached hydrogens (tertiary/aromatic N) is 3.